The molecule has 170 valence electrons. The summed E-state index contributed by atoms with van der Waals surface area (Å²) in [4.78, 5) is 39.4. The Morgan fingerprint density at radius 3 is 2.45 bits per heavy atom. The molecule has 1 N–H and O–H groups in total. The van der Waals surface area contributed by atoms with Gasteiger partial charge < -0.3 is 5.32 Å². The van der Waals surface area contributed by atoms with Gasteiger partial charge in [0.1, 0.15) is 6.54 Å². The lowest BCUT2D eigenvalue weighted by molar-refractivity contribution is -0.116. The Morgan fingerprint density at radius 2 is 1.76 bits per heavy atom. The predicted octanol–water partition coefficient (Wildman–Crippen LogP) is 2.94. The van der Waals surface area contributed by atoms with Crippen LogP contribution in [0.2, 0.25) is 0 Å². The summed E-state index contributed by atoms with van der Waals surface area (Å²) in [6.45, 7) is 6.33. The van der Waals surface area contributed by atoms with Crippen molar-refractivity contribution in [2.24, 2.45) is 0 Å². The van der Waals surface area contributed by atoms with Crippen LogP contribution in [0, 0.1) is 6.92 Å². The third-order valence-electron chi connectivity index (χ3n) is 5.65. The van der Waals surface area contributed by atoms with Crippen molar-refractivity contribution < 1.29 is 4.79 Å². The van der Waals surface area contributed by atoms with E-state index in [1.54, 1.807) is 10.9 Å². The van der Waals surface area contributed by atoms with Crippen LogP contribution in [0.25, 0.3) is 11.0 Å². The van der Waals surface area contributed by atoms with Crippen LogP contribution in [0.3, 0.4) is 0 Å². The van der Waals surface area contributed by atoms with Gasteiger partial charge in [-0.2, -0.15) is 5.10 Å². The van der Waals surface area contributed by atoms with Crippen molar-refractivity contribution in [2.45, 2.75) is 46.8 Å². The Kier molecular flexibility index (Phi) is 6.26. The number of carbonyl (C=O) groups excluding carboxylic acids is 1. The topological polar surface area (TPSA) is 90.9 Å². The quantitative estimate of drug-likeness (QED) is 0.474. The van der Waals surface area contributed by atoms with Gasteiger partial charge in [0.2, 0.25) is 5.91 Å². The molecule has 0 aliphatic heterocycles. The first-order valence-corrected chi connectivity index (χ1v) is 11.0. The van der Waals surface area contributed by atoms with Gasteiger partial charge >= 0.3 is 5.69 Å². The molecule has 0 aliphatic carbocycles. The molecule has 0 unspecified atom stereocenters. The third-order valence-corrected chi connectivity index (χ3v) is 5.65. The Hall–Kier alpha value is -3.94. The van der Waals surface area contributed by atoms with Gasteiger partial charge in [0.05, 0.1) is 12.1 Å². The summed E-state index contributed by atoms with van der Waals surface area (Å²) in [7, 11) is 0. The number of anilines is 1. The zero-order valence-corrected chi connectivity index (χ0v) is 19.0. The fourth-order valence-electron chi connectivity index (χ4n) is 3.77. The molecule has 4 rings (SSSR count). The van der Waals surface area contributed by atoms with E-state index >= 15 is 0 Å². The molecule has 2 aromatic heterocycles. The number of hydrogen-bond donors (Lipinski definition) is 1. The van der Waals surface area contributed by atoms with Gasteiger partial charge in [-0.05, 0) is 43.5 Å². The molecule has 33 heavy (non-hydrogen) atoms. The number of nitrogens with one attached hydrogen (secondary N) is 1. The molecule has 0 bridgehead atoms. The van der Waals surface area contributed by atoms with Crippen LogP contribution >= 0.6 is 0 Å². The van der Waals surface area contributed by atoms with Gasteiger partial charge in [0.25, 0.3) is 5.56 Å². The summed E-state index contributed by atoms with van der Waals surface area (Å²) in [5.41, 5.74) is 3.19. The summed E-state index contributed by atoms with van der Waals surface area (Å²) in [6.07, 6.45) is 2.49. The van der Waals surface area contributed by atoms with Gasteiger partial charge in [0.15, 0.2) is 5.52 Å². The van der Waals surface area contributed by atoms with Crippen molar-refractivity contribution in [1.29, 1.82) is 0 Å². The van der Waals surface area contributed by atoms with Crippen molar-refractivity contribution in [3.8, 4) is 0 Å². The average molecular weight is 446 g/mol. The minimum absolute atomic E-state index is 0.104. The number of carbonyl (C=O) groups is 1. The number of benzene rings is 2. The maximum Gasteiger partial charge on any atom is 0.332 e. The lowest BCUT2D eigenvalue weighted by Crippen LogP contribution is -2.41. The molecular weight excluding hydrogens is 418 g/mol. The van der Waals surface area contributed by atoms with E-state index in [1.807, 2.05) is 69.3 Å². The van der Waals surface area contributed by atoms with Crippen LogP contribution in [0.4, 0.5) is 5.69 Å². The van der Waals surface area contributed by atoms with E-state index in [4.69, 9.17) is 0 Å². The van der Waals surface area contributed by atoms with Crippen molar-refractivity contribution in [3.05, 3.63) is 92.3 Å². The molecule has 2 heterocycles. The second-order valence-corrected chi connectivity index (χ2v) is 8.07. The normalized spacial score (nSPS) is 11.1. The molecule has 4 aromatic rings. The SMILES string of the molecule is CCc1cccc(NC(=O)Cn2c(=O)n(Cc3ccc(C)cc3)c(=O)c3nn(CC)cc32)c1. The lowest BCUT2D eigenvalue weighted by Gasteiger charge is -2.12. The fourth-order valence-corrected chi connectivity index (χ4v) is 3.77. The number of nitrogens with zero attached hydrogens (tertiary/aromatic N) is 4. The standard InChI is InChI=1S/C25H27N5O3/c1-4-18-7-6-8-20(13-18)26-22(31)16-29-21-15-28(5-2)27-23(21)24(32)30(25(29)33)14-19-11-9-17(3)10-12-19/h6-13,15H,4-5,14,16H2,1-3H3,(H,26,31). The third kappa shape index (κ3) is 4.64. The highest BCUT2D eigenvalue weighted by atomic mass is 16.2. The van der Waals surface area contributed by atoms with Crippen LogP contribution in [0.15, 0.2) is 64.3 Å². The monoisotopic (exact) mass is 445 g/mol. The largest absolute Gasteiger partial charge is 0.332 e. The molecule has 0 saturated carbocycles. The Morgan fingerprint density at radius 1 is 1.00 bits per heavy atom. The predicted molar refractivity (Wildman–Crippen MR) is 129 cm³/mol. The Balaban J connectivity index is 1.74. The highest BCUT2D eigenvalue weighted by Gasteiger charge is 2.19. The van der Waals surface area contributed by atoms with Crippen LogP contribution in [0.1, 0.15) is 30.5 Å². The summed E-state index contributed by atoms with van der Waals surface area (Å²) >= 11 is 0. The number of hydrogen-bond acceptors (Lipinski definition) is 4. The highest BCUT2D eigenvalue weighted by Crippen LogP contribution is 2.12. The van der Waals surface area contributed by atoms with Crippen LogP contribution < -0.4 is 16.6 Å². The fraction of sp³-hybridized carbons (Fsp3) is 0.280. The van der Waals surface area contributed by atoms with Crippen molar-refractivity contribution in [2.75, 3.05) is 5.32 Å². The molecule has 0 radical (unpaired) electrons. The molecule has 0 saturated heterocycles. The minimum Gasteiger partial charge on any atom is -0.325 e. The van der Waals surface area contributed by atoms with E-state index in [-0.39, 0.29) is 24.5 Å². The molecule has 0 fully saturated rings. The van der Waals surface area contributed by atoms with E-state index in [0.29, 0.717) is 17.7 Å². The summed E-state index contributed by atoms with van der Waals surface area (Å²) in [5, 5.41) is 7.21. The zero-order chi connectivity index (χ0) is 23.5. The molecule has 2 aromatic carbocycles. The van der Waals surface area contributed by atoms with E-state index in [9.17, 15) is 14.4 Å². The van der Waals surface area contributed by atoms with Gasteiger partial charge in [-0.3, -0.25) is 23.4 Å². The van der Waals surface area contributed by atoms with Gasteiger partial charge in [-0.1, -0.05) is 48.9 Å². The van der Waals surface area contributed by atoms with E-state index in [1.165, 1.54) is 4.57 Å². The lowest BCUT2D eigenvalue weighted by atomic mass is 10.1. The summed E-state index contributed by atoms with van der Waals surface area (Å²) in [6, 6.07) is 15.2. The molecule has 0 aliphatic rings. The van der Waals surface area contributed by atoms with Gasteiger partial charge in [-0.15, -0.1) is 0 Å². The maximum atomic E-state index is 13.4. The van der Waals surface area contributed by atoms with Crippen LogP contribution in [-0.4, -0.2) is 24.8 Å². The number of aryl methyl sites for hydroxylation is 3. The van der Waals surface area contributed by atoms with Gasteiger partial charge in [-0.25, -0.2) is 4.79 Å². The zero-order valence-electron chi connectivity index (χ0n) is 19.0. The molecule has 0 spiro atoms. The molecule has 8 nitrogen and oxygen atoms in total. The van der Waals surface area contributed by atoms with Crippen molar-refractivity contribution in [3.63, 3.8) is 0 Å². The van der Waals surface area contributed by atoms with E-state index in [2.05, 4.69) is 10.4 Å². The van der Waals surface area contributed by atoms with Crippen molar-refractivity contribution in [1.82, 2.24) is 18.9 Å². The first-order valence-electron chi connectivity index (χ1n) is 11.0. The second-order valence-electron chi connectivity index (χ2n) is 8.07. The first kappa shape index (κ1) is 22.3. The summed E-state index contributed by atoms with van der Waals surface area (Å²) < 4.78 is 4.06. The average Bonchev–Trinajstić information content (AvgIpc) is 3.25. The Bertz CT molecular complexity index is 1430. The molecule has 8 heteroatoms. The Labute approximate surface area is 191 Å². The molecular formula is C25H27N5O3. The maximum absolute atomic E-state index is 13.4. The first-order chi connectivity index (χ1) is 15.9. The van der Waals surface area contributed by atoms with Gasteiger partial charge in [0, 0.05) is 18.4 Å². The van der Waals surface area contributed by atoms with E-state index < -0.39 is 11.2 Å². The molecule has 0 atom stereocenters. The highest BCUT2D eigenvalue weighted by molar-refractivity contribution is 5.91. The molecule has 1 amide bonds. The number of fused-ring (bicyclic) bond motifs is 1. The van der Waals surface area contributed by atoms with E-state index in [0.717, 1.165) is 27.7 Å². The van der Waals surface area contributed by atoms with Crippen molar-refractivity contribution >= 4 is 22.6 Å². The van der Waals surface area contributed by atoms with Crippen LogP contribution in [0.5, 0.6) is 0 Å². The minimum atomic E-state index is -0.541. The smallest absolute Gasteiger partial charge is 0.325 e. The van der Waals surface area contributed by atoms with Crippen LogP contribution in [-0.2, 0) is 30.8 Å². The number of amides is 1. The second kappa shape index (κ2) is 9.28. The number of aromatic nitrogens is 4. The summed E-state index contributed by atoms with van der Waals surface area (Å²) in [5.74, 6) is -0.351. The number of rotatable bonds is 7.